The lowest BCUT2D eigenvalue weighted by atomic mass is 10.3. The van der Waals surface area contributed by atoms with E-state index in [4.69, 9.17) is 32.8 Å². The largest absolute Gasteiger partial charge is 0.495 e. The van der Waals surface area contributed by atoms with Crippen LogP contribution < -0.4 is 14.9 Å². The Morgan fingerprint density at radius 1 is 1.24 bits per heavy atom. The van der Waals surface area contributed by atoms with Crippen LogP contribution in [0.15, 0.2) is 36.4 Å². The average Bonchev–Trinajstić information content (AvgIpc) is 2.97. The van der Waals surface area contributed by atoms with Gasteiger partial charge >= 0.3 is 0 Å². The van der Waals surface area contributed by atoms with Crippen LogP contribution in [-0.2, 0) is 4.79 Å². The molecule has 1 aromatic heterocycles. The van der Waals surface area contributed by atoms with Gasteiger partial charge in [0, 0.05) is 10.7 Å². The quantitative estimate of drug-likeness (QED) is 0.735. The van der Waals surface area contributed by atoms with E-state index >= 15 is 0 Å². The topological polar surface area (TPSA) is 78.3 Å². The van der Waals surface area contributed by atoms with E-state index in [1.807, 2.05) is 0 Å². The van der Waals surface area contributed by atoms with Crippen LogP contribution >= 0.6 is 23.2 Å². The van der Waals surface area contributed by atoms with Gasteiger partial charge in [0.15, 0.2) is 0 Å². The van der Waals surface area contributed by atoms with Crippen molar-refractivity contribution in [2.75, 3.05) is 12.4 Å². The minimum absolute atomic E-state index is 0.369. The first-order valence-corrected chi connectivity index (χ1v) is 8.06. The number of fused-ring (bicyclic) bond motifs is 1. The Kier molecular flexibility index (Phi) is 4.96. The molecule has 0 aliphatic carbocycles. The third-order valence-electron chi connectivity index (χ3n) is 3.42. The van der Waals surface area contributed by atoms with Crippen molar-refractivity contribution in [2.24, 2.45) is 0 Å². The molecule has 0 unspecified atom stereocenters. The molecule has 3 aromatic rings. The van der Waals surface area contributed by atoms with Crippen molar-refractivity contribution in [2.45, 2.75) is 13.0 Å². The monoisotopic (exact) mass is 380 g/mol. The second-order valence-electron chi connectivity index (χ2n) is 5.18. The van der Waals surface area contributed by atoms with Gasteiger partial charge in [0.2, 0.25) is 6.10 Å². The van der Waals surface area contributed by atoms with Gasteiger partial charge in [-0.1, -0.05) is 28.0 Å². The first kappa shape index (κ1) is 17.3. The summed E-state index contributed by atoms with van der Waals surface area (Å²) in [5, 5.41) is 11.5. The van der Waals surface area contributed by atoms with Gasteiger partial charge in [0.1, 0.15) is 16.8 Å². The number of methoxy groups -OCH3 is 1. The van der Waals surface area contributed by atoms with E-state index in [0.29, 0.717) is 32.5 Å². The van der Waals surface area contributed by atoms with Crippen molar-refractivity contribution < 1.29 is 14.4 Å². The highest BCUT2D eigenvalue weighted by molar-refractivity contribution is 6.32. The standard InChI is InChI=1S/C16H14Cl2N4O3/c1-9(16(23)19-11-4-6-15(24-2)12(18)8-11)25-22-14-7-10(17)3-5-13(14)20-21-22/h3-9H,1-2H3,(H,19,23)/t9-/m1/s1. The summed E-state index contributed by atoms with van der Waals surface area (Å²) in [6, 6.07) is 10.0. The zero-order chi connectivity index (χ0) is 18.0. The van der Waals surface area contributed by atoms with E-state index in [-0.39, 0.29) is 5.91 Å². The molecule has 9 heteroatoms. The Bertz CT molecular complexity index is 929. The summed E-state index contributed by atoms with van der Waals surface area (Å²) in [6.07, 6.45) is -0.829. The maximum absolute atomic E-state index is 12.3. The van der Waals surface area contributed by atoms with Crippen molar-refractivity contribution in [3.8, 4) is 5.75 Å². The Morgan fingerprint density at radius 2 is 2.04 bits per heavy atom. The van der Waals surface area contributed by atoms with Gasteiger partial charge in [-0.2, -0.15) is 0 Å². The van der Waals surface area contributed by atoms with Crippen molar-refractivity contribution in [3.63, 3.8) is 0 Å². The molecule has 25 heavy (non-hydrogen) atoms. The van der Waals surface area contributed by atoms with Gasteiger partial charge in [-0.15, -0.1) is 5.10 Å². The predicted octanol–water partition coefficient (Wildman–Crippen LogP) is 3.20. The molecule has 0 fully saturated rings. The third-order valence-corrected chi connectivity index (χ3v) is 3.95. The summed E-state index contributed by atoms with van der Waals surface area (Å²) in [6.45, 7) is 1.60. The molecule has 1 N–H and O–H groups in total. The summed E-state index contributed by atoms with van der Waals surface area (Å²) in [4.78, 5) is 19.0. The smallest absolute Gasteiger partial charge is 0.267 e. The van der Waals surface area contributed by atoms with Crippen LogP contribution in [0.5, 0.6) is 5.75 Å². The van der Waals surface area contributed by atoms with E-state index in [1.165, 1.54) is 12.0 Å². The Morgan fingerprint density at radius 3 is 2.76 bits per heavy atom. The van der Waals surface area contributed by atoms with Gasteiger partial charge in [0.25, 0.3) is 5.91 Å². The van der Waals surface area contributed by atoms with Crippen LogP contribution in [-0.4, -0.2) is 34.3 Å². The van der Waals surface area contributed by atoms with E-state index in [9.17, 15) is 4.79 Å². The van der Waals surface area contributed by atoms with Gasteiger partial charge in [-0.25, -0.2) is 0 Å². The second-order valence-corrected chi connectivity index (χ2v) is 6.03. The molecule has 1 amide bonds. The summed E-state index contributed by atoms with van der Waals surface area (Å²) in [7, 11) is 1.52. The van der Waals surface area contributed by atoms with E-state index in [2.05, 4.69) is 15.6 Å². The molecule has 1 heterocycles. The van der Waals surface area contributed by atoms with Crippen LogP contribution in [0.1, 0.15) is 6.92 Å². The van der Waals surface area contributed by atoms with Crippen molar-refractivity contribution >= 4 is 45.8 Å². The average molecular weight is 381 g/mol. The van der Waals surface area contributed by atoms with E-state index in [1.54, 1.807) is 43.3 Å². The summed E-state index contributed by atoms with van der Waals surface area (Å²) < 4.78 is 5.07. The Balaban J connectivity index is 1.72. The van der Waals surface area contributed by atoms with Crippen LogP contribution in [0.3, 0.4) is 0 Å². The lowest BCUT2D eigenvalue weighted by Crippen LogP contribution is -2.35. The molecule has 2 aromatic carbocycles. The highest BCUT2D eigenvalue weighted by Gasteiger charge is 2.18. The number of ether oxygens (including phenoxy) is 1. The van der Waals surface area contributed by atoms with Crippen LogP contribution in [0, 0.1) is 0 Å². The fraction of sp³-hybridized carbons (Fsp3) is 0.188. The SMILES string of the molecule is COc1ccc(NC(=O)[C@@H](C)On2nnc3ccc(Cl)cc32)cc1Cl. The molecule has 1 atom stereocenters. The molecule has 130 valence electrons. The summed E-state index contributed by atoms with van der Waals surface area (Å²) in [5.74, 6) is 0.154. The molecule has 0 spiro atoms. The summed E-state index contributed by atoms with van der Waals surface area (Å²) in [5.41, 5.74) is 1.70. The first-order chi connectivity index (χ1) is 12.0. The van der Waals surface area contributed by atoms with E-state index in [0.717, 1.165) is 0 Å². The summed E-state index contributed by atoms with van der Waals surface area (Å²) >= 11 is 12.0. The number of carbonyl (C=O) groups excluding carboxylic acids is 1. The third kappa shape index (κ3) is 3.78. The van der Waals surface area contributed by atoms with Gasteiger partial charge in [-0.05, 0) is 48.5 Å². The molecular formula is C16H14Cl2N4O3. The number of rotatable bonds is 5. The molecule has 0 saturated carbocycles. The number of hydrogen-bond donors (Lipinski definition) is 1. The number of benzene rings is 2. The molecule has 7 nitrogen and oxygen atoms in total. The maximum atomic E-state index is 12.3. The van der Waals surface area contributed by atoms with Gasteiger partial charge < -0.3 is 14.9 Å². The first-order valence-electron chi connectivity index (χ1n) is 7.30. The number of nitrogens with one attached hydrogen (secondary N) is 1. The number of anilines is 1. The molecule has 0 radical (unpaired) electrons. The molecule has 3 rings (SSSR count). The normalized spacial score (nSPS) is 12.0. The number of nitrogens with zero attached hydrogens (tertiary/aromatic N) is 3. The van der Waals surface area contributed by atoms with Crippen LogP contribution in [0.4, 0.5) is 5.69 Å². The number of aromatic nitrogens is 3. The van der Waals surface area contributed by atoms with Crippen molar-refractivity contribution in [1.82, 2.24) is 15.2 Å². The minimum Gasteiger partial charge on any atom is -0.495 e. The Labute approximate surface area is 153 Å². The van der Waals surface area contributed by atoms with E-state index < -0.39 is 6.10 Å². The molecule has 0 aliphatic heterocycles. The minimum atomic E-state index is -0.829. The molecule has 0 aliphatic rings. The number of carbonyl (C=O) groups is 1. The number of hydrogen-bond acceptors (Lipinski definition) is 5. The lowest BCUT2D eigenvalue weighted by molar-refractivity contribution is -0.127. The highest BCUT2D eigenvalue weighted by Crippen LogP contribution is 2.27. The van der Waals surface area contributed by atoms with Gasteiger partial charge in [-0.3, -0.25) is 4.79 Å². The molecule has 0 saturated heterocycles. The zero-order valence-corrected chi connectivity index (χ0v) is 14.9. The maximum Gasteiger partial charge on any atom is 0.267 e. The Hall–Kier alpha value is -2.51. The fourth-order valence-electron chi connectivity index (χ4n) is 2.13. The number of halogens is 2. The van der Waals surface area contributed by atoms with Crippen molar-refractivity contribution in [3.05, 3.63) is 46.4 Å². The van der Waals surface area contributed by atoms with Crippen LogP contribution in [0.25, 0.3) is 11.0 Å². The fourth-order valence-corrected chi connectivity index (χ4v) is 2.56. The predicted molar refractivity (Wildman–Crippen MR) is 95.2 cm³/mol. The van der Waals surface area contributed by atoms with Crippen molar-refractivity contribution in [1.29, 1.82) is 0 Å². The molecular weight excluding hydrogens is 367 g/mol. The van der Waals surface area contributed by atoms with Crippen LogP contribution in [0.2, 0.25) is 10.0 Å². The second kappa shape index (κ2) is 7.16. The lowest BCUT2D eigenvalue weighted by Gasteiger charge is -2.14. The number of amides is 1. The highest BCUT2D eigenvalue weighted by atomic mass is 35.5. The van der Waals surface area contributed by atoms with Gasteiger partial charge in [0.05, 0.1) is 12.1 Å². The molecule has 0 bridgehead atoms. The zero-order valence-electron chi connectivity index (χ0n) is 13.4.